The molecule has 2 aliphatic heterocycles. The van der Waals surface area contributed by atoms with Gasteiger partial charge >= 0.3 is 5.97 Å². The molecule has 6 rings (SSSR count). The van der Waals surface area contributed by atoms with Gasteiger partial charge in [0.2, 0.25) is 0 Å². The Bertz CT molecular complexity index is 1740. The van der Waals surface area contributed by atoms with E-state index in [1.54, 1.807) is 10.6 Å². The summed E-state index contributed by atoms with van der Waals surface area (Å²) in [6, 6.07) is 24.0. The van der Waals surface area contributed by atoms with Gasteiger partial charge in [0.25, 0.3) is 5.91 Å². The lowest BCUT2D eigenvalue weighted by Crippen LogP contribution is -2.57. The van der Waals surface area contributed by atoms with Crippen molar-refractivity contribution < 1.29 is 19.8 Å². The summed E-state index contributed by atoms with van der Waals surface area (Å²) in [5.41, 5.74) is 4.81. The second kappa shape index (κ2) is 14.1. The van der Waals surface area contributed by atoms with Crippen LogP contribution in [0, 0.1) is 0 Å². The molecule has 0 spiro atoms. The molecule has 2 aliphatic rings. The number of nitrogens with zero attached hydrogens (tertiary/aromatic N) is 5. The zero-order valence-electron chi connectivity index (χ0n) is 27.3. The minimum Gasteiger partial charge on any atom is -0.508 e. The van der Waals surface area contributed by atoms with E-state index >= 15 is 0 Å². The van der Waals surface area contributed by atoms with Crippen LogP contribution >= 0.6 is 0 Å². The molecule has 0 radical (unpaired) electrons. The summed E-state index contributed by atoms with van der Waals surface area (Å²) in [4.78, 5) is 34.4. The van der Waals surface area contributed by atoms with E-state index in [0.717, 1.165) is 66.9 Å². The number of aliphatic carboxylic acids is 1. The number of piperazine rings is 2. The molecule has 0 saturated carbocycles. The molecular weight excluding hydrogens is 590 g/mol. The van der Waals surface area contributed by atoms with Crippen LogP contribution in [0.1, 0.15) is 46.9 Å². The maximum Gasteiger partial charge on any atom is 0.323 e. The summed E-state index contributed by atoms with van der Waals surface area (Å²) in [7, 11) is 0. The number of benzene rings is 3. The van der Waals surface area contributed by atoms with Crippen LogP contribution in [0.2, 0.25) is 0 Å². The number of carboxylic acid groups (broad SMARTS) is 1. The van der Waals surface area contributed by atoms with Gasteiger partial charge in [-0.05, 0) is 66.9 Å². The van der Waals surface area contributed by atoms with Crippen LogP contribution in [0.25, 0.3) is 10.9 Å². The van der Waals surface area contributed by atoms with Gasteiger partial charge in [0.1, 0.15) is 12.3 Å². The van der Waals surface area contributed by atoms with Crippen LogP contribution in [0.4, 0.5) is 0 Å². The van der Waals surface area contributed by atoms with Gasteiger partial charge in [-0.2, -0.15) is 0 Å². The molecule has 0 bridgehead atoms. The van der Waals surface area contributed by atoms with Crippen LogP contribution in [0.3, 0.4) is 0 Å². The van der Waals surface area contributed by atoms with E-state index in [4.69, 9.17) is 0 Å². The standard InChI is InChI=1S/C38H45N5O4/c1-4-15-41-23-28(3)43(24-27(41)2)37(30-9-6-12-33(44)22-30)29-8-5-10-31(21-29)38(47)40-19-17-39(18-20-40)25-32-11-7-13-35-34(32)14-16-42(35)26-36(45)46/h4-14,16,21-22,27-28,37,44H,1,15,17-20,23-26H2,2-3H3,(H,45,46)/t27-,28+,37-/m1/s1. The second-order valence-corrected chi connectivity index (χ2v) is 13.0. The van der Waals surface area contributed by atoms with Crippen molar-refractivity contribution in [2.45, 2.75) is 45.1 Å². The fourth-order valence-electron chi connectivity index (χ4n) is 7.36. The molecule has 2 N–H and O–H groups in total. The maximum absolute atomic E-state index is 13.9. The predicted molar refractivity (Wildman–Crippen MR) is 185 cm³/mol. The zero-order chi connectivity index (χ0) is 33.1. The summed E-state index contributed by atoms with van der Waals surface area (Å²) >= 11 is 0. The fraction of sp³-hybridized carbons (Fsp3) is 0.368. The monoisotopic (exact) mass is 635 g/mol. The number of carboxylic acids is 1. The molecule has 0 aliphatic carbocycles. The zero-order valence-corrected chi connectivity index (χ0v) is 27.3. The van der Waals surface area contributed by atoms with Crippen molar-refractivity contribution >= 4 is 22.8 Å². The quantitative estimate of drug-likeness (QED) is 0.236. The lowest BCUT2D eigenvalue weighted by atomic mass is 9.92. The summed E-state index contributed by atoms with van der Waals surface area (Å²) in [5.74, 6) is -0.593. The highest BCUT2D eigenvalue weighted by molar-refractivity contribution is 5.94. The van der Waals surface area contributed by atoms with Crippen LogP contribution in [-0.4, -0.2) is 104 Å². The van der Waals surface area contributed by atoms with E-state index in [-0.39, 0.29) is 30.3 Å². The van der Waals surface area contributed by atoms with E-state index < -0.39 is 5.97 Å². The molecule has 4 aromatic rings. The highest BCUT2D eigenvalue weighted by atomic mass is 16.4. The van der Waals surface area contributed by atoms with Gasteiger partial charge in [0.05, 0.1) is 6.04 Å². The number of amides is 1. The van der Waals surface area contributed by atoms with Crippen LogP contribution in [0.15, 0.2) is 91.6 Å². The van der Waals surface area contributed by atoms with Crippen molar-refractivity contribution in [3.63, 3.8) is 0 Å². The van der Waals surface area contributed by atoms with Gasteiger partial charge in [-0.15, -0.1) is 6.58 Å². The predicted octanol–water partition coefficient (Wildman–Crippen LogP) is 5.06. The first kappa shape index (κ1) is 32.5. The van der Waals surface area contributed by atoms with Crippen LogP contribution in [0.5, 0.6) is 5.75 Å². The van der Waals surface area contributed by atoms with Crippen LogP contribution in [-0.2, 0) is 17.9 Å². The van der Waals surface area contributed by atoms with E-state index in [2.05, 4.69) is 53.3 Å². The largest absolute Gasteiger partial charge is 0.508 e. The topological polar surface area (TPSA) is 92.5 Å². The van der Waals surface area contributed by atoms with Gasteiger partial charge < -0.3 is 19.7 Å². The van der Waals surface area contributed by atoms with Crippen molar-refractivity contribution in [2.24, 2.45) is 0 Å². The Morgan fingerprint density at radius 2 is 1.64 bits per heavy atom. The molecule has 9 nitrogen and oxygen atoms in total. The van der Waals surface area contributed by atoms with Crippen molar-refractivity contribution in [2.75, 3.05) is 45.8 Å². The van der Waals surface area contributed by atoms with Crippen LogP contribution < -0.4 is 0 Å². The Labute approximate surface area is 276 Å². The van der Waals surface area contributed by atoms with E-state index in [1.807, 2.05) is 65.7 Å². The smallest absolute Gasteiger partial charge is 0.323 e. The molecule has 3 heterocycles. The second-order valence-electron chi connectivity index (χ2n) is 13.0. The molecule has 1 amide bonds. The van der Waals surface area contributed by atoms with Gasteiger partial charge in [0, 0.05) is 87.1 Å². The van der Waals surface area contributed by atoms with Gasteiger partial charge in [0.15, 0.2) is 0 Å². The molecule has 3 aromatic carbocycles. The minimum absolute atomic E-state index is 0.0335. The molecule has 9 heteroatoms. The van der Waals surface area contributed by atoms with E-state index in [1.165, 1.54) is 0 Å². The van der Waals surface area contributed by atoms with Crippen molar-refractivity contribution in [3.05, 3.63) is 114 Å². The Balaban J connectivity index is 1.17. The molecule has 1 aromatic heterocycles. The number of aromatic hydroxyl groups is 1. The number of rotatable bonds is 10. The Morgan fingerprint density at radius 3 is 2.36 bits per heavy atom. The number of phenolic OH excluding ortho intramolecular Hbond substituents is 1. The number of hydrogen-bond acceptors (Lipinski definition) is 6. The van der Waals surface area contributed by atoms with E-state index in [0.29, 0.717) is 24.7 Å². The molecule has 246 valence electrons. The van der Waals surface area contributed by atoms with Crippen molar-refractivity contribution in [1.82, 2.24) is 24.2 Å². The third kappa shape index (κ3) is 7.12. The van der Waals surface area contributed by atoms with Crippen molar-refractivity contribution in [1.29, 1.82) is 0 Å². The molecule has 3 atom stereocenters. The number of carbonyl (C=O) groups excluding carboxylic acids is 1. The summed E-state index contributed by atoms with van der Waals surface area (Å²) in [5, 5.41) is 20.7. The normalized spacial score (nSPS) is 20.3. The van der Waals surface area contributed by atoms with Gasteiger partial charge in [-0.3, -0.25) is 24.3 Å². The van der Waals surface area contributed by atoms with E-state index in [9.17, 15) is 19.8 Å². The Kier molecular flexibility index (Phi) is 9.77. The number of phenols is 1. The highest BCUT2D eigenvalue weighted by Crippen LogP contribution is 2.35. The SMILES string of the molecule is C=CCN1C[C@H](C)N([C@@H](c2cccc(O)c2)c2cccc(C(=O)N3CCN(Cc4cccc5c4ccn5CC(=O)O)CC3)c2)C[C@H]1C. The first-order valence-electron chi connectivity index (χ1n) is 16.5. The maximum atomic E-state index is 13.9. The van der Waals surface area contributed by atoms with Crippen molar-refractivity contribution in [3.8, 4) is 5.75 Å². The lowest BCUT2D eigenvalue weighted by Gasteiger charge is -2.47. The number of hydrogen-bond donors (Lipinski definition) is 2. The summed E-state index contributed by atoms with van der Waals surface area (Å²) in [6.45, 7) is 14.5. The summed E-state index contributed by atoms with van der Waals surface area (Å²) in [6.07, 6.45) is 3.80. The third-order valence-electron chi connectivity index (χ3n) is 9.76. The average molecular weight is 636 g/mol. The lowest BCUT2D eigenvalue weighted by molar-refractivity contribution is -0.137. The molecule has 2 saturated heterocycles. The first-order chi connectivity index (χ1) is 22.7. The Hall–Kier alpha value is -4.44. The van der Waals surface area contributed by atoms with Gasteiger partial charge in [-0.25, -0.2) is 0 Å². The first-order valence-corrected chi connectivity index (χ1v) is 16.5. The number of aromatic nitrogens is 1. The Morgan fingerprint density at radius 1 is 0.915 bits per heavy atom. The molecule has 0 unspecified atom stereocenters. The molecule has 2 fully saturated rings. The molecule has 47 heavy (non-hydrogen) atoms. The highest BCUT2D eigenvalue weighted by Gasteiger charge is 2.35. The third-order valence-corrected chi connectivity index (χ3v) is 9.76. The number of carbonyl (C=O) groups is 2. The number of fused-ring (bicyclic) bond motifs is 1. The summed E-state index contributed by atoms with van der Waals surface area (Å²) < 4.78 is 1.76. The average Bonchev–Trinajstić information content (AvgIpc) is 3.46. The fourth-order valence-corrected chi connectivity index (χ4v) is 7.36. The minimum atomic E-state index is -0.861. The van der Waals surface area contributed by atoms with Gasteiger partial charge in [-0.1, -0.05) is 42.5 Å². The molecular formula is C38H45N5O4.